The molecule has 0 spiro atoms. The number of anilines is 1. The van der Waals surface area contributed by atoms with E-state index in [4.69, 9.17) is 4.74 Å². The molecule has 4 rings (SSSR count). The van der Waals surface area contributed by atoms with Crippen LogP contribution in [-0.4, -0.2) is 51.5 Å². The van der Waals surface area contributed by atoms with Crippen molar-refractivity contribution in [2.75, 3.05) is 25.0 Å². The van der Waals surface area contributed by atoms with Gasteiger partial charge in [0.25, 0.3) is 0 Å². The molecule has 8 nitrogen and oxygen atoms in total. The molecule has 1 fully saturated rings. The van der Waals surface area contributed by atoms with Crippen LogP contribution in [0.2, 0.25) is 0 Å². The van der Waals surface area contributed by atoms with E-state index in [0.717, 1.165) is 28.6 Å². The molecule has 0 aliphatic carbocycles. The molecule has 0 saturated carbocycles. The smallest absolute Gasteiger partial charge is 0.229 e. The lowest BCUT2D eigenvalue weighted by Gasteiger charge is -2.22. The zero-order valence-electron chi connectivity index (χ0n) is 14.5. The number of amides is 1. The molecule has 1 aromatic carbocycles. The van der Waals surface area contributed by atoms with E-state index in [-0.39, 0.29) is 18.4 Å². The molecular weight excluding hydrogens is 332 g/mol. The third-order valence-corrected chi connectivity index (χ3v) is 4.29. The monoisotopic (exact) mass is 352 g/mol. The summed E-state index contributed by atoms with van der Waals surface area (Å²) >= 11 is 0. The maximum atomic E-state index is 12.2. The van der Waals surface area contributed by atoms with E-state index >= 15 is 0 Å². The van der Waals surface area contributed by atoms with Crippen LogP contribution in [0.5, 0.6) is 0 Å². The predicted octanol–water partition coefficient (Wildman–Crippen LogP) is 1.35. The Balaban J connectivity index is 1.51. The number of aryl methyl sites for hydroxylation is 1. The molecule has 1 aliphatic heterocycles. The van der Waals surface area contributed by atoms with E-state index < -0.39 is 0 Å². The molecule has 3 heterocycles. The average Bonchev–Trinajstić information content (AvgIpc) is 3.08. The van der Waals surface area contributed by atoms with Gasteiger partial charge in [-0.15, -0.1) is 0 Å². The summed E-state index contributed by atoms with van der Waals surface area (Å²) in [5.41, 5.74) is 2.80. The Bertz CT molecular complexity index is 932. The van der Waals surface area contributed by atoms with Crippen molar-refractivity contribution in [3.05, 3.63) is 36.8 Å². The molecule has 2 aromatic heterocycles. The van der Waals surface area contributed by atoms with E-state index in [0.29, 0.717) is 19.1 Å². The van der Waals surface area contributed by atoms with Gasteiger partial charge in [-0.05, 0) is 11.6 Å². The van der Waals surface area contributed by atoms with Crippen molar-refractivity contribution in [1.82, 2.24) is 25.1 Å². The van der Waals surface area contributed by atoms with E-state index in [9.17, 15) is 4.79 Å². The van der Waals surface area contributed by atoms with Crippen LogP contribution in [0.1, 0.15) is 6.42 Å². The van der Waals surface area contributed by atoms with E-state index in [1.807, 2.05) is 37.6 Å². The minimum Gasteiger partial charge on any atom is -0.375 e. The van der Waals surface area contributed by atoms with Gasteiger partial charge < -0.3 is 10.1 Å². The highest BCUT2D eigenvalue weighted by Gasteiger charge is 2.18. The Kier molecular flexibility index (Phi) is 4.59. The van der Waals surface area contributed by atoms with Gasteiger partial charge >= 0.3 is 0 Å². The number of hydrogen-bond donors (Lipinski definition) is 2. The molecular formula is C18H20N6O2. The first kappa shape index (κ1) is 16.6. The lowest BCUT2D eigenvalue weighted by molar-refractivity contribution is -0.119. The summed E-state index contributed by atoms with van der Waals surface area (Å²) in [5.74, 6) is 0.149. The van der Waals surface area contributed by atoms with Gasteiger partial charge in [0.1, 0.15) is 0 Å². The van der Waals surface area contributed by atoms with Crippen molar-refractivity contribution >= 4 is 22.8 Å². The number of fused-ring (bicyclic) bond motifs is 1. The van der Waals surface area contributed by atoms with Crippen molar-refractivity contribution in [2.45, 2.75) is 12.5 Å². The molecule has 2 N–H and O–H groups in total. The van der Waals surface area contributed by atoms with Gasteiger partial charge in [0.2, 0.25) is 11.9 Å². The number of benzene rings is 1. The standard InChI is InChI=1S/C18H20N6O2/c1-24-11-14(9-21-24)12-2-3-13-8-20-18(22-16(13)6-12)23-17(25)7-15-10-19-4-5-26-15/h2-3,6,8-9,11,15,19H,4-5,7,10H2,1H3,(H,20,22,23,25). The predicted molar refractivity (Wildman–Crippen MR) is 97.6 cm³/mol. The number of carbonyl (C=O) groups excluding carboxylic acids is 1. The number of morpholine rings is 1. The van der Waals surface area contributed by atoms with Crippen molar-refractivity contribution in [2.24, 2.45) is 7.05 Å². The zero-order chi connectivity index (χ0) is 17.9. The number of hydrogen-bond acceptors (Lipinski definition) is 6. The lowest BCUT2D eigenvalue weighted by Crippen LogP contribution is -2.40. The average molecular weight is 352 g/mol. The topological polar surface area (TPSA) is 94.0 Å². The Hall–Kier alpha value is -2.84. The number of nitrogens with one attached hydrogen (secondary N) is 2. The normalized spacial score (nSPS) is 17.3. The Morgan fingerprint density at radius 3 is 3.08 bits per heavy atom. The highest BCUT2D eigenvalue weighted by Crippen LogP contribution is 2.23. The van der Waals surface area contributed by atoms with Gasteiger partial charge in [-0.2, -0.15) is 5.10 Å². The van der Waals surface area contributed by atoms with Gasteiger partial charge in [-0.1, -0.05) is 12.1 Å². The summed E-state index contributed by atoms with van der Waals surface area (Å²) in [4.78, 5) is 20.9. The second-order valence-corrected chi connectivity index (χ2v) is 6.32. The minimum atomic E-state index is -0.151. The molecule has 1 aliphatic rings. The zero-order valence-corrected chi connectivity index (χ0v) is 14.5. The third-order valence-electron chi connectivity index (χ3n) is 4.29. The molecule has 1 atom stereocenters. The Labute approximate surface area is 150 Å². The maximum Gasteiger partial charge on any atom is 0.229 e. The third kappa shape index (κ3) is 3.71. The molecule has 0 radical (unpaired) electrons. The van der Waals surface area contributed by atoms with Crippen LogP contribution in [0.15, 0.2) is 36.8 Å². The molecule has 26 heavy (non-hydrogen) atoms. The molecule has 1 amide bonds. The summed E-state index contributed by atoms with van der Waals surface area (Å²) in [7, 11) is 1.88. The van der Waals surface area contributed by atoms with Crippen LogP contribution in [0.3, 0.4) is 0 Å². The van der Waals surface area contributed by atoms with E-state index in [1.54, 1.807) is 10.9 Å². The molecule has 8 heteroatoms. The molecule has 134 valence electrons. The van der Waals surface area contributed by atoms with Crippen LogP contribution < -0.4 is 10.6 Å². The fourth-order valence-corrected chi connectivity index (χ4v) is 2.97. The number of ether oxygens (including phenoxy) is 1. The summed E-state index contributed by atoms with van der Waals surface area (Å²) in [6.45, 7) is 2.13. The second kappa shape index (κ2) is 7.19. The number of aromatic nitrogens is 4. The van der Waals surface area contributed by atoms with Crippen molar-refractivity contribution in [3.63, 3.8) is 0 Å². The largest absolute Gasteiger partial charge is 0.375 e. The molecule has 1 saturated heterocycles. The van der Waals surface area contributed by atoms with Gasteiger partial charge in [0.05, 0.1) is 30.8 Å². The second-order valence-electron chi connectivity index (χ2n) is 6.32. The van der Waals surface area contributed by atoms with Crippen LogP contribution >= 0.6 is 0 Å². The van der Waals surface area contributed by atoms with E-state index in [1.165, 1.54) is 0 Å². The summed E-state index contributed by atoms with van der Waals surface area (Å²) < 4.78 is 7.31. The fourth-order valence-electron chi connectivity index (χ4n) is 2.97. The van der Waals surface area contributed by atoms with Gasteiger partial charge in [0, 0.05) is 43.5 Å². The highest BCUT2D eigenvalue weighted by molar-refractivity contribution is 5.91. The Morgan fingerprint density at radius 1 is 1.38 bits per heavy atom. The highest BCUT2D eigenvalue weighted by atomic mass is 16.5. The molecule has 3 aromatic rings. The van der Waals surface area contributed by atoms with Crippen molar-refractivity contribution in [1.29, 1.82) is 0 Å². The SMILES string of the molecule is Cn1cc(-c2ccc3cnc(NC(=O)CC4CNCCO4)nc3c2)cn1. The molecule has 1 unspecified atom stereocenters. The van der Waals surface area contributed by atoms with Crippen molar-refractivity contribution in [3.8, 4) is 11.1 Å². The van der Waals surface area contributed by atoms with E-state index in [2.05, 4.69) is 25.7 Å². The lowest BCUT2D eigenvalue weighted by atomic mass is 10.1. The Morgan fingerprint density at radius 2 is 2.31 bits per heavy atom. The van der Waals surface area contributed by atoms with Gasteiger partial charge in [-0.3, -0.25) is 14.8 Å². The summed E-state index contributed by atoms with van der Waals surface area (Å²) in [5, 5.41) is 11.1. The fraction of sp³-hybridized carbons (Fsp3) is 0.333. The first-order valence-electron chi connectivity index (χ1n) is 8.55. The van der Waals surface area contributed by atoms with Crippen LogP contribution in [0.4, 0.5) is 5.95 Å². The quantitative estimate of drug-likeness (QED) is 0.736. The van der Waals surface area contributed by atoms with Crippen LogP contribution in [0, 0.1) is 0 Å². The molecule has 0 bridgehead atoms. The first-order chi connectivity index (χ1) is 12.7. The first-order valence-corrected chi connectivity index (χ1v) is 8.55. The number of rotatable bonds is 4. The maximum absolute atomic E-state index is 12.2. The summed E-state index contributed by atoms with van der Waals surface area (Å²) in [6, 6.07) is 5.94. The van der Waals surface area contributed by atoms with Crippen LogP contribution in [0.25, 0.3) is 22.0 Å². The van der Waals surface area contributed by atoms with Gasteiger partial charge in [-0.25, -0.2) is 9.97 Å². The van der Waals surface area contributed by atoms with Gasteiger partial charge in [0.15, 0.2) is 0 Å². The number of carbonyl (C=O) groups is 1. The number of nitrogens with zero attached hydrogens (tertiary/aromatic N) is 4. The minimum absolute atomic E-state index is 0.110. The summed E-state index contributed by atoms with van der Waals surface area (Å²) in [6.07, 6.45) is 5.64. The van der Waals surface area contributed by atoms with Crippen molar-refractivity contribution < 1.29 is 9.53 Å². The van der Waals surface area contributed by atoms with Crippen LogP contribution in [-0.2, 0) is 16.6 Å².